The summed E-state index contributed by atoms with van der Waals surface area (Å²) >= 11 is 0. The number of rotatable bonds is 4. The van der Waals surface area contributed by atoms with Gasteiger partial charge in [0.2, 0.25) is 0 Å². The summed E-state index contributed by atoms with van der Waals surface area (Å²) in [4.78, 5) is 14.5. The lowest BCUT2D eigenvalue weighted by molar-refractivity contribution is -0.385. The van der Waals surface area contributed by atoms with Gasteiger partial charge in [-0.1, -0.05) is 5.16 Å². The summed E-state index contributed by atoms with van der Waals surface area (Å²) < 4.78 is 5.13. The van der Waals surface area contributed by atoms with E-state index in [1.165, 1.54) is 6.07 Å². The van der Waals surface area contributed by atoms with Crippen LogP contribution in [0.25, 0.3) is 0 Å². The third-order valence-electron chi connectivity index (χ3n) is 3.14. The zero-order valence-corrected chi connectivity index (χ0v) is 11.8. The first-order chi connectivity index (χ1) is 9.40. The maximum atomic E-state index is 10.8. The van der Waals surface area contributed by atoms with Crippen LogP contribution in [0.3, 0.4) is 0 Å². The van der Waals surface area contributed by atoms with Crippen LogP contribution in [0.2, 0.25) is 0 Å². The van der Waals surface area contributed by atoms with Crippen LogP contribution in [0.5, 0.6) is 0 Å². The number of hydrogen-bond donors (Lipinski definition) is 1. The second kappa shape index (κ2) is 5.28. The fourth-order valence-corrected chi connectivity index (χ4v) is 2.23. The molecule has 0 aromatic carbocycles. The molecule has 0 amide bonds. The lowest BCUT2D eigenvalue weighted by atomic mass is 10.1. The standard InChI is InChI=1S/C13H16N4O3/c1-7-11(17(18)19)5-6-12(14-7)15-8(2)13-9(3)16-20-10(13)4/h5-6,8H,1-4H3,(H,14,15). The molecule has 7 heteroatoms. The Morgan fingerprint density at radius 2 is 2.00 bits per heavy atom. The first kappa shape index (κ1) is 14.0. The number of aromatic nitrogens is 2. The topological polar surface area (TPSA) is 94.1 Å². The first-order valence-corrected chi connectivity index (χ1v) is 6.21. The maximum absolute atomic E-state index is 10.8. The summed E-state index contributed by atoms with van der Waals surface area (Å²) in [5.74, 6) is 1.33. The van der Waals surface area contributed by atoms with Crippen molar-refractivity contribution in [3.05, 3.63) is 45.0 Å². The highest BCUT2D eigenvalue weighted by atomic mass is 16.6. The zero-order valence-electron chi connectivity index (χ0n) is 11.8. The molecule has 0 aliphatic heterocycles. The van der Waals surface area contributed by atoms with Crippen molar-refractivity contribution < 1.29 is 9.45 Å². The predicted octanol–water partition coefficient (Wildman–Crippen LogP) is 3.08. The van der Waals surface area contributed by atoms with Crippen LogP contribution in [-0.2, 0) is 0 Å². The van der Waals surface area contributed by atoms with Crippen molar-refractivity contribution in [2.75, 3.05) is 5.32 Å². The molecule has 2 aromatic heterocycles. The molecule has 106 valence electrons. The van der Waals surface area contributed by atoms with Gasteiger partial charge in [0, 0.05) is 11.6 Å². The SMILES string of the molecule is Cc1nc(NC(C)c2c(C)noc2C)ccc1[N+](=O)[O-]. The predicted molar refractivity (Wildman–Crippen MR) is 73.6 cm³/mol. The molecule has 0 aliphatic carbocycles. The van der Waals surface area contributed by atoms with Gasteiger partial charge in [0.25, 0.3) is 5.69 Å². The van der Waals surface area contributed by atoms with Crippen LogP contribution in [0, 0.1) is 30.9 Å². The van der Waals surface area contributed by atoms with Crippen molar-refractivity contribution in [2.45, 2.75) is 33.7 Å². The molecule has 0 radical (unpaired) electrons. The lowest BCUT2D eigenvalue weighted by Gasteiger charge is -2.14. The number of nitro groups is 1. The minimum absolute atomic E-state index is 0.0144. The summed E-state index contributed by atoms with van der Waals surface area (Å²) in [6.45, 7) is 7.30. The van der Waals surface area contributed by atoms with Gasteiger partial charge in [0.15, 0.2) is 0 Å². The molecule has 0 fully saturated rings. The van der Waals surface area contributed by atoms with Crippen LogP contribution in [0.15, 0.2) is 16.7 Å². The summed E-state index contributed by atoms with van der Waals surface area (Å²) in [5, 5.41) is 17.9. The summed E-state index contributed by atoms with van der Waals surface area (Å²) in [7, 11) is 0. The van der Waals surface area contributed by atoms with Crippen molar-refractivity contribution in [1.82, 2.24) is 10.1 Å². The number of aryl methyl sites for hydroxylation is 3. The quantitative estimate of drug-likeness (QED) is 0.681. The van der Waals surface area contributed by atoms with Gasteiger partial charge in [-0.3, -0.25) is 10.1 Å². The third-order valence-corrected chi connectivity index (χ3v) is 3.14. The Balaban J connectivity index is 2.22. The number of pyridine rings is 1. The van der Waals surface area contributed by atoms with E-state index in [0.29, 0.717) is 11.5 Å². The Morgan fingerprint density at radius 3 is 2.50 bits per heavy atom. The average Bonchev–Trinajstić information content (AvgIpc) is 2.68. The molecular weight excluding hydrogens is 260 g/mol. The van der Waals surface area contributed by atoms with E-state index < -0.39 is 4.92 Å². The largest absolute Gasteiger partial charge is 0.363 e. The van der Waals surface area contributed by atoms with Gasteiger partial charge in [-0.25, -0.2) is 4.98 Å². The maximum Gasteiger partial charge on any atom is 0.290 e. The molecule has 0 saturated carbocycles. The Hall–Kier alpha value is -2.44. The molecule has 7 nitrogen and oxygen atoms in total. The molecule has 0 spiro atoms. The van der Waals surface area contributed by atoms with Crippen molar-refractivity contribution in [1.29, 1.82) is 0 Å². The minimum Gasteiger partial charge on any atom is -0.363 e. The van der Waals surface area contributed by atoms with Gasteiger partial charge in [-0.05, 0) is 33.8 Å². The van der Waals surface area contributed by atoms with E-state index in [-0.39, 0.29) is 11.7 Å². The Morgan fingerprint density at radius 1 is 1.30 bits per heavy atom. The molecule has 0 bridgehead atoms. The van der Waals surface area contributed by atoms with E-state index in [2.05, 4.69) is 15.5 Å². The number of nitrogens with one attached hydrogen (secondary N) is 1. The highest BCUT2D eigenvalue weighted by Gasteiger charge is 2.18. The molecule has 20 heavy (non-hydrogen) atoms. The minimum atomic E-state index is -0.441. The Kier molecular flexibility index (Phi) is 3.69. The van der Waals surface area contributed by atoms with E-state index in [0.717, 1.165) is 17.0 Å². The fourth-order valence-electron chi connectivity index (χ4n) is 2.23. The van der Waals surface area contributed by atoms with Crippen molar-refractivity contribution in [2.24, 2.45) is 0 Å². The molecule has 2 rings (SSSR count). The number of nitrogens with zero attached hydrogens (tertiary/aromatic N) is 3. The third kappa shape index (κ3) is 2.61. The summed E-state index contributed by atoms with van der Waals surface area (Å²) in [6, 6.07) is 3.00. The average molecular weight is 276 g/mol. The Bertz CT molecular complexity index is 632. The van der Waals surface area contributed by atoms with Crippen LogP contribution in [0.1, 0.15) is 35.7 Å². The van der Waals surface area contributed by atoms with Crippen molar-refractivity contribution in [3.8, 4) is 0 Å². The van der Waals surface area contributed by atoms with E-state index in [9.17, 15) is 10.1 Å². The van der Waals surface area contributed by atoms with Gasteiger partial charge in [-0.2, -0.15) is 0 Å². The normalized spacial score (nSPS) is 12.2. The van der Waals surface area contributed by atoms with Gasteiger partial charge >= 0.3 is 0 Å². The molecule has 2 heterocycles. The second-order valence-corrected chi connectivity index (χ2v) is 4.66. The van der Waals surface area contributed by atoms with Crippen molar-refractivity contribution in [3.63, 3.8) is 0 Å². The molecule has 0 aliphatic rings. The van der Waals surface area contributed by atoms with Crippen LogP contribution in [0.4, 0.5) is 11.5 Å². The van der Waals surface area contributed by atoms with E-state index in [1.54, 1.807) is 13.0 Å². The number of hydrogen-bond acceptors (Lipinski definition) is 6. The number of anilines is 1. The van der Waals surface area contributed by atoms with Gasteiger partial charge < -0.3 is 9.84 Å². The smallest absolute Gasteiger partial charge is 0.290 e. The fraction of sp³-hybridized carbons (Fsp3) is 0.385. The highest BCUT2D eigenvalue weighted by molar-refractivity contribution is 5.46. The van der Waals surface area contributed by atoms with Gasteiger partial charge in [-0.15, -0.1) is 0 Å². The van der Waals surface area contributed by atoms with E-state index in [4.69, 9.17) is 4.52 Å². The lowest BCUT2D eigenvalue weighted by Crippen LogP contribution is -2.10. The first-order valence-electron chi connectivity index (χ1n) is 6.21. The van der Waals surface area contributed by atoms with Gasteiger partial charge in [0.1, 0.15) is 17.3 Å². The molecular formula is C13H16N4O3. The highest BCUT2D eigenvalue weighted by Crippen LogP contribution is 2.25. The molecule has 0 saturated heterocycles. The van der Waals surface area contributed by atoms with E-state index in [1.807, 2.05) is 20.8 Å². The second-order valence-electron chi connectivity index (χ2n) is 4.66. The van der Waals surface area contributed by atoms with Crippen LogP contribution < -0.4 is 5.32 Å². The summed E-state index contributed by atoms with van der Waals surface area (Å²) in [6.07, 6.45) is 0. The van der Waals surface area contributed by atoms with Crippen LogP contribution in [-0.4, -0.2) is 15.1 Å². The van der Waals surface area contributed by atoms with Crippen molar-refractivity contribution >= 4 is 11.5 Å². The monoisotopic (exact) mass is 276 g/mol. The summed E-state index contributed by atoms with van der Waals surface area (Å²) in [5.41, 5.74) is 2.19. The Labute approximate surface area is 116 Å². The molecule has 1 atom stereocenters. The molecule has 1 N–H and O–H groups in total. The van der Waals surface area contributed by atoms with Gasteiger partial charge in [0.05, 0.1) is 16.7 Å². The van der Waals surface area contributed by atoms with E-state index >= 15 is 0 Å². The molecule has 2 aromatic rings. The van der Waals surface area contributed by atoms with Crippen LogP contribution >= 0.6 is 0 Å². The molecule has 1 unspecified atom stereocenters. The zero-order chi connectivity index (χ0) is 14.9.